The average Bonchev–Trinajstić information content (AvgIpc) is 2.18. The van der Waals surface area contributed by atoms with Crippen molar-refractivity contribution in [3.63, 3.8) is 0 Å². The van der Waals surface area contributed by atoms with Crippen LogP contribution >= 0.6 is 0 Å². The Morgan fingerprint density at radius 2 is 1.86 bits per heavy atom. The molecule has 0 saturated heterocycles. The van der Waals surface area contributed by atoms with Gasteiger partial charge in [0.15, 0.2) is 0 Å². The van der Waals surface area contributed by atoms with Crippen molar-refractivity contribution in [2.45, 2.75) is 13.0 Å². The van der Waals surface area contributed by atoms with E-state index in [1.807, 2.05) is 43.3 Å². The summed E-state index contributed by atoms with van der Waals surface area (Å²) in [4.78, 5) is 0. The zero-order chi connectivity index (χ0) is 10.1. The summed E-state index contributed by atoms with van der Waals surface area (Å²) >= 11 is 0. The molecule has 0 spiro atoms. The van der Waals surface area contributed by atoms with Crippen LogP contribution in [-0.2, 0) is 0 Å². The Morgan fingerprint density at radius 1 is 1.14 bits per heavy atom. The second-order valence-electron chi connectivity index (χ2n) is 3.51. The number of aromatic hydroxyl groups is 1. The molecule has 0 bridgehead atoms. The number of phenols is 1. The van der Waals surface area contributed by atoms with Crippen LogP contribution in [0, 0.1) is 0 Å². The highest BCUT2D eigenvalue weighted by Crippen LogP contribution is 2.31. The molecule has 0 radical (unpaired) electrons. The van der Waals surface area contributed by atoms with E-state index in [2.05, 4.69) is 0 Å². The van der Waals surface area contributed by atoms with Crippen LogP contribution in [0.15, 0.2) is 36.4 Å². The molecule has 0 fully saturated rings. The molecular weight excluding hydrogens is 174 g/mol. The highest BCUT2D eigenvalue weighted by atomic mass is 16.3. The molecule has 2 rings (SSSR count). The van der Waals surface area contributed by atoms with Crippen molar-refractivity contribution >= 4 is 10.8 Å². The van der Waals surface area contributed by atoms with Crippen LogP contribution in [0.2, 0.25) is 0 Å². The van der Waals surface area contributed by atoms with Crippen LogP contribution in [-0.4, -0.2) is 5.11 Å². The van der Waals surface area contributed by atoms with E-state index in [-0.39, 0.29) is 6.04 Å². The minimum absolute atomic E-state index is 0.139. The van der Waals surface area contributed by atoms with Gasteiger partial charge in [-0.2, -0.15) is 0 Å². The molecule has 1 unspecified atom stereocenters. The third-order valence-electron chi connectivity index (χ3n) is 2.42. The van der Waals surface area contributed by atoms with E-state index in [1.54, 1.807) is 0 Å². The van der Waals surface area contributed by atoms with E-state index in [4.69, 9.17) is 5.73 Å². The van der Waals surface area contributed by atoms with Crippen LogP contribution < -0.4 is 5.73 Å². The van der Waals surface area contributed by atoms with Crippen LogP contribution in [0.5, 0.6) is 5.75 Å². The third kappa shape index (κ3) is 1.34. The predicted octanol–water partition coefficient (Wildman–Crippen LogP) is 2.57. The van der Waals surface area contributed by atoms with Gasteiger partial charge in [-0.1, -0.05) is 36.4 Å². The zero-order valence-electron chi connectivity index (χ0n) is 8.07. The SMILES string of the molecule is CC(N)c1ccc2ccccc2c1O. The zero-order valence-corrected chi connectivity index (χ0v) is 8.07. The van der Waals surface area contributed by atoms with E-state index in [9.17, 15) is 5.11 Å². The van der Waals surface area contributed by atoms with Gasteiger partial charge in [-0.25, -0.2) is 0 Å². The molecule has 3 N–H and O–H groups in total. The fourth-order valence-corrected chi connectivity index (χ4v) is 1.64. The Hall–Kier alpha value is -1.54. The van der Waals surface area contributed by atoms with Crippen LogP contribution in [0.4, 0.5) is 0 Å². The molecule has 0 saturated carbocycles. The van der Waals surface area contributed by atoms with Crippen molar-refractivity contribution < 1.29 is 5.11 Å². The molecule has 2 aromatic rings. The molecule has 14 heavy (non-hydrogen) atoms. The van der Waals surface area contributed by atoms with E-state index >= 15 is 0 Å². The number of hydrogen-bond donors (Lipinski definition) is 2. The quantitative estimate of drug-likeness (QED) is 0.720. The number of benzene rings is 2. The number of phenolic OH excluding ortho intramolecular Hbond substituents is 1. The van der Waals surface area contributed by atoms with Crippen molar-refractivity contribution in [1.29, 1.82) is 0 Å². The predicted molar refractivity (Wildman–Crippen MR) is 58.2 cm³/mol. The van der Waals surface area contributed by atoms with Crippen LogP contribution in [0.25, 0.3) is 10.8 Å². The Kier molecular flexibility index (Phi) is 2.14. The second kappa shape index (κ2) is 3.31. The minimum atomic E-state index is -0.139. The first kappa shape index (κ1) is 9.03. The molecule has 0 aliphatic rings. The molecule has 1 atom stereocenters. The van der Waals surface area contributed by atoms with Crippen LogP contribution in [0.3, 0.4) is 0 Å². The standard InChI is InChI=1S/C12H13NO/c1-8(13)10-7-6-9-4-2-3-5-11(9)12(10)14/h2-8,14H,13H2,1H3. The van der Waals surface area contributed by atoms with Crippen molar-refractivity contribution in [2.75, 3.05) is 0 Å². The summed E-state index contributed by atoms with van der Waals surface area (Å²) in [6.07, 6.45) is 0. The molecule has 0 heterocycles. The molecule has 0 aliphatic heterocycles. The van der Waals surface area contributed by atoms with Gasteiger partial charge in [0.1, 0.15) is 5.75 Å². The van der Waals surface area contributed by atoms with E-state index in [0.717, 1.165) is 16.3 Å². The maximum absolute atomic E-state index is 9.94. The van der Waals surface area contributed by atoms with E-state index < -0.39 is 0 Å². The molecule has 2 heteroatoms. The topological polar surface area (TPSA) is 46.2 Å². The van der Waals surface area contributed by atoms with E-state index in [1.165, 1.54) is 0 Å². The highest BCUT2D eigenvalue weighted by molar-refractivity contribution is 5.89. The van der Waals surface area contributed by atoms with Crippen molar-refractivity contribution in [3.05, 3.63) is 42.0 Å². The van der Waals surface area contributed by atoms with Gasteiger partial charge in [0, 0.05) is 17.0 Å². The summed E-state index contributed by atoms with van der Waals surface area (Å²) < 4.78 is 0. The van der Waals surface area contributed by atoms with Crippen molar-refractivity contribution in [3.8, 4) is 5.75 Å². The number of hydrogen-bond acceptors (Lipinski definition) is 2. The van der Waals surface area contributed by atoms with Gasteiger partial charge in [0.25, 0.3) is 0 Å². The minimum Gasteiger partial charge on any atom is -0.507 e. The van der Waals surface area contributed by atoms with Gasteiger partial charge in [0.2, 0.25) is 0 Å². The Labute approximate surface area is 83.0 Å². The van der Waals surface area contributed by atoms with Gasteiger partial charge < -0.3 is 10.8 Å². The largest absolute Gasteiger partial charge is 0.507 e. The summed E-state index contributed by atoms with van der Waals surface area (Å²) in [5.41, 5.74) is 6.54. The lowest BCUT2D eigenvalue weighted by atomic mass is 10.0. The molecule has 2 nitrogen and oxygen atoms in total. The first-order valence-corrected chi connectivity index (χ1v) is 4.66. The monoisotopic (exact) mass is 187 g/mol. The first-order valence-electron chi connectivity index (χ1n) is 4.66. The summed E-state index contributed by atoms with van der Waals surface area (Å²) in [5, 5.41) is 11.8. The lowest BCUT2D eigenvalue weighted by molar-refractivity contribution is 0.470. The number of rotatable bonds is 1. The Bertz CT molecular complexity index is 463. The normalized spacial score (nSPS) is 13.0. The summed E-state index contributed by atoms with van der Waals surface area (Å²) in [7, 11) is 0. The summed E-state index contributed by atoms with van der Waals surface area (Å²) in [6.45, 7) is 1.86. The lowest BCUT2D eigenvalue weighted by Crippen LogP contribution is -2.04. The number of nitrogens with two attached hydrogens (primary N) is 1. The smallest absolute Gasteiger partial charge is 0.128 e. The van der Waals surface area contributed by atoms with Gasteiger partial charge in [-0.3, -0.25) is 0 Å². The molecule has 2 aromatic carbocycles. The highest BCUT2D eigenvalue weighted by Gasteiger charge is 2.08. The van der Waals surface area contributed by atoms with Gasteiger partial charge in [-0.05, 0) is 12.3 Å². The van der Waals surface area contributed by atoms with Gasteiger partial charge in [0.05, 0.1) is 0 Å². The van der Waals surface area contributed by atoms with Crippen molar-refractivity contribution in [2.24, 2.45) is 5.73 Å². The first-order chi connectivity index (χ1) is 6.70. The second-order valence-corrected chi connectivity index (χ2v) is 3.51. The lowest BCUT2D eigenvalue weighted by Gasteiger charge is -2.10. The molecule has 0 aliphatic carbocycles. The molecule has 0 amide bonds. The average molecular weight is 187 g/mol. The Balaban J connectivity index is 2.75. The van der Waals surface area contributed by atoms with Crippen LogP contribution in [0.1, 0.15) is 18.5 Å². The van der Waals surface area contributed by atoms with E-state index in [0.29, 0.717) is 5.75 Å². The molecule has 0 aromatic heterocycles. The fourth-order valence-electron chi connectivity index (χ4n) is 1.64. The van der Waals surface area contributed by atoms with Gasteiger partial charge in [-0.15, -0.1) is 0 Å². The van der Waals surface area contributed by atoms with Crippen molar-refractivity contribution in [1.82, 2.24) is 0 Å². The van der Waals surface area contributed by atoms with Gasteiger partial charge >= 0.3 is 0 Å². The number of fused-ring (bicyclic) bond motifs is 1. The maximum Gasteiger partial charge on any atom is 0.128 e. The fraction of sp³-hybridized carbons (Fsp3) is 0.167. The molecular formula is C12H13NO. The molecule has 72 valence electrons. The Morgan fingerprint density at radius 3 is 2.57 bits per heavy atom. The summed E-state index contributed by atoms with van der Waals surface area (Å²) in [6, 6.07) is 11.5. The summed E-state index contributed by atoms with van der Waals surface area (Å²) in [5.74, 6) is 0.304. The third-order valence-corrected chi connectivity index (χ3v) is 2.42. The maximum atomic E-state index is 9.94.